The van der Waals surface area contributed by atoms with Gasteiger partial charge in [0.25, 0.3) is 0 Å². The topological polar surface area (TPSA) is 86.8 Å². The normalized spacial score (nSPS) is 18.7. The Morgan fingerprint density at radius 2 is 1.83 bits per heavy atom. The van der Waals surface area contributed by atoms with Gasteiger partial charge < -0.3 is 10.2 Å². The highest BCUT2D eigenvalue weighted by molar-refractivity contribution is 7.89. The average Bonchev–Trinajstić information content (AvgIpc) is 3.15. The molecule has 0 bridgehead atoms. The summed E-state index contributed by atoms with van der Waals surface area (Å²) in [6.07, 6.45) is 5.21. The van der Waals surface area contributed by atoms with Crippen molar-refractivity contribution >= 4 is 21.8 Å². The molecular weight excluding hydrogens is 402 g/mol. The largest absolute Gasteiger partial charge is 0.356 e. The molecule has 0 spiro atoms. The van der Waals surface area contributed by atoms with Crippen LogP contribution >= 0.6 is 0 Å². The number of hydrogen-bond acceptors (Lipinski definition) is 4. The fraction of sp³-hybridized carbons (Fsp3) is 0.636. The SMILES string of the molecule is Cc1ccc(S(=O)(=O)N2CCC(CCC(=O)NCCCN3CCCC3=O)CC2)cc1. The molecule has 0 aliphatic carbocycles. The Kier molecular flexibility index (Phi) is 7.88. The van der Waals surface area contributed by atoms with E-state index < -0.39 is 10.0 Å². The average molecular weight is 436 g/mol. The molecule has 2 aliphatic heterocycles. The second-order valence-electron chi connectivity index (χ2n) is 8.39. The summed E-state index contributed by atoms with van der Waals surface area (Å²) in [5.74, 6) is 0.636. The zero-order valence-corrected chi connectivity index (χ0v) is 18.6. The number of aryl methyl sites for hydroxylation is 1. The van der Waals surface area contributed by atoms with Gasteiger partial charge in [0.15, 0.2) is 0 Å². The van der Waals surface area contributed by atoms with E-state index in [4.69, 9.17) is 0 Å². The molecule has 0 radical (unpaired) electrons. The third kappa shape index (κ3) is 6.04. The minimum absolute atomic E-state index is 0.0393. The monoisotopic (exact) mass is 435 g/mol. The number of hydrogen-bond donors (Lipinski definition) is 1. The van der Waals surface area contributed by atoms with Crippen LogP contribution < -0.4 is 5.32 Å². The highest BCUT2D eigenvalue weighted by atomic mass is 32.2. The van der Waals surface area contributed by atoms with E-state index >= 15 is 0 Å². The molecule has 2 saturated heterocycles. The van der Waals surface area contributed by atoms with Crippen molar-refractivity contribution in [2.45, 2.75) is 56.8 Å². The smallest absolute Gasteiger partial charge is 0.243 e. The summed E-state index contributed by atoms with van der Waals surface area (Å²) in [5.41, 5.74) is 1.04. The summed E-state index contributed by atoms with van der Waals surface area (Å²) in [6.45, 7) is 5.10. The Balaban J connectivity index is 1.33. The standard InChI is InChI=1S/C22H33N3O4S/c1-18-5-8-20(9-6-18)30(28,29)25-16-11-19(12-17-25)7-10-21(26)23-13-3-15-24-14-2-4-22(24)27/h5-6,8-9,19H,2-4,7,10-17H2,1H3,(H,23,26). The van der Waals surface area contributed by atoms with Gasteiger partial charge in [-0.1, -0.05) is 17.7 Å². The van der Waals surface area contributed by atoms with Crippen molar-refractivity contribution in [2.75, 3.05) is 32.7 Å². The molecule has 1 aromatic rings. The van der Waals surface area contributed by atoms with Crippen LogP contribution in [0, 0.1) is 12.8 Å². The van der Waals surface area contributed by atoms with Crippen molar-refractivity contribution in [1.29, 1.82) is 0 Å². The lowest BCUT2D eigenvalue weighted by molar-refractivity contribution is -0.127. The van der Waals surface area contributed by atoms with Crippen molar-refractivity contribution in [2.24, 2.45) is 5.92 Å². The van der Waals surface area contributed by atoms with Gasteiger partial charge in [-0.2, -0.15) is 4.31 Å². The van der Waals surface area contributed by atoms with Crippen molar-refractivity contribution < 1.29 is 18.0 Å². The van der Waals surface area contributed by atoms with E-state index in [1.54, 1.807) is 16.4 Å². The van der Waals surface area contributed by atoms with E-state index in [1.807, 2.05) is 24.0 Å². The summed E-state index contributed by atoms with van der Waals surface area (Å²) >= 11 is 0. The summed E-state index contributed by atoms with van der Waals surface area (Å²) < 4.78 is 27.1. The molecule has 30 heavy (non-hydrogen) atoms. The number of nitrogens with zero attached hydrogens (tertiary/aromatic N) is 2. The molecule has 166 valence electrons. The predicted octanol–water partition coefficient (Wildman–Crippen LogP) is 2.30. The number of likely N-dealkylation sites (tertiary alicyclic amines) is 1. The first kappa shape index (κ1) is 22.7. The predicted molar refractivity (Wildman–Crippen MR) is 115 cm³/mol. The van der Waals surface area contributed by atoms with E-state index in [-0.39, 0.29) is 11.8 Å². The molecule has 2 heterocycles. The van der Waals surface area contributed by atoms with Gasteiger partial charge in [-0.25, -0.2) is 8.42 Å². The number of rotatable bonds is 9. The van der Waals surface area contributed by atoms with Crippen LogP contribution in [0.2, 0.25) is 0 Å². The number of amides is 2. The maximum absolute atomic E-state index is 12.8. The highest BCUT2D eigenvalue weighted by Gasteiger charge is 2.29. The second kappa shape index (κ2) is 10.4. The number of benzene rings is 1. The fourth-order valence-corrected chi connectivity index (χ4v) is 5.63. The second-order valence-corrected chi connectivity index (χ2v) is 10.3. The number of carbonyl (C=O) groups excluding carboxylic acids is 2. The molecule has 0 aromatic heterocycles. The Morgan fingerprint density at radius 1 is 1.13 bits per heavy atom. The van der Waals surface area contributed by atoms with Gasteiger partial charge in [0.2, 0.25) is 21.8 Å². The summed E-state index contributed by atoms with van der Waals surface area (Å²) in [7, 11) is -3.43. The zero-order valence-electron chi connectivity index (χ0n) is 17.8. The van der Waals surface area contributed by atoms with Crippen LogP contribution in [0.1, 0.15) is 50.5 Å². The maximum atomic E-state index is 12.8. The minimum Gasteiger partial charge on any atom is -0.356 e. The van der Waals surface area contributed by atoms with Gasteiger partial charge in [-0.15, -0.1) is 0 Å². The van der Waals surface area contributed by atoms with Crippen molar-refractivity contribution in [3.63, 3.8) is 0 Å². The lowest BCUT2D eigenvalue weighted by Crippen LogP contribution is -2.38. The van der Waals surface area contributed by atoms with Crippen LogP contribution in [0.3, 0.4) is 0 Å². The molecule has 1 aromatic carbocycles. The van der Waals surface area contributed by atoms with Crippen LogP contribution in [-0.4, -0.2) is 62.2 Å². The van der Waals surface area contributed by atoms with Gasteiger partial charge in [-0.3, -0.25) is 9.59 Å². The number of piperidine rings is 1. The molecule has 0 unspecified atom stereocenters. The Hall–Kier alpha value is -1.93. The number of nitrogens with one attached hydrogen (secondary N) is 1. The molecule has 2 aliphatic rings. The molecule has 1 N–H and O–H groups in total. The summed E-state index contributed by atoms with van der Waals surface area (Å²) in [6, 6.07) is 6.98. The van der Waals surface area contributed by atoms with E-state index in [1.165, 1.54) is 0 Å². The molecule has 0 atom stereocenters. The van der Waals surface area contributed by atoms with Crippen LogP contribution in [-0.2, 0) is 19.6 Å². The molecule has 2 fully saturated rings. The molecule has 3 rings (SSSR count). The van der Waals surface area contributed by atoms with Crippen LogP contribution in [0.25, 0.3) is 0 Å². The van der Waals surface area contributed by atoms with Gasteiger partial charge in [0, 0.05) is 45.6 Å². The fourth-order valence-electron chi connectivity index (χ4n) is 4.16. The van der Waals surface area contributed by atoms with Crippen molar-refractivity contribution in [3.8, 4) is 0 Å². The lowest BCUT2D eigenvalue weighted by atomic mass is 9.93. The molecule has 2 amide bonds. The van der Waals surface area contributed by atoms with Gasteiger partial charge in [-0.05, 0) is 57.1 Å². The third-order valence-electron chi connectivity index (χ3n) is 6.11. The quantitative estimate of drug-likeness (QED) is 0.603. The molecular formula is C22H33N3O4S. The van der Waals surface area contributed by atoms with Gasteiger partial charge in [0.05, 0.1) is 4.90 Å². The molecule has 7 nitrogen and oxygen atoms in total. The Labute approximate surface area is 179 Å². The third-order valence-corrected chi connectivity index (χ3v) is 8.02. The van der Waals surface area contributed by atoms with E-state index in [0.717, 1.165) is 44.2 Å². The van der Waals surface area contributed by atoms with E-state index in [0.29, 0.717) is 49.8 Å². The van der Waals surface area contributed by atoms with Crippen molar-refractivity contribution in [1.82, 2.24) is 14.5 Å². The lowest BCUT2D eigenvalue weighted by Gasteiger charge is -2.31. The summed E-state index contributed by atoms with van der Waals surface area (Å²) in [4.78, 5) is 25.9. The first-order valence-electron chi connectivity index (χ1n) is 11.0. The van der Waals surface area contributed by atoms with Crippen LogP contribution in [0.5, 0.6) is 0 Å². The molecule has 0 saturated carbocycles. The van der Waals surface area contributed by atoms with Gasteiger partial charge >= 0.3 is 0 Å². The van der Waals surface area contributed by atoms with E-state index in [9.17, 15) is 18.0 Å². The number of carbonyl (C=O) groups is 2. The first-order valence-corrected chi connectivity index (χ1v) is 12.4. The maximum Gasteiger partial charge on any atom is 0.243 e. The summed E-state index contributed by atoms with van der Waals surface area (Å²) in [5, 5.41) is 2.94. The Morgan fingerprint density at radius 3 is 2.47 bits per heavy atom. The zero-order chi connectivity index (χ0) is 21.6. The molecule has 8 heteroatoms. The minimum atomic E-state index is -3.43. The first-order chi connectivity index (χ1) is 14.4. The highest BCUT2D eigenvalue weighted by Crippen LogP contribution is 2.26. The van der Waals surface area contributed by atoms with Crippen LogP contribution in [0.15, 0.2) is 29.2 Å². The van der Waals surface area contributed by atoms with Crippen LogP contribution in [0.4, 0.5) is 0 Å². The van der Waals surface area contributed by atoms with E-state index in [2.05, 4.69) is 5.32 Å². The van der Waals surface area contributed by atoms with Crippen molar-refractivity contribution in [3.05, 3.63) is 29.8 Å². The Bertz CT molecular complexity index is 830. The van der Waals surface area contributed by atoms with Gasteiger partial charge in [0.1, 0.15) is 0 Å². The number of sulfonamides is 1.